The zero-order valence-electron chi connectivity index (χ0n) is 5.77. The van der Waals surface area contributed by atoms with Crippen LogP contribution in [0.2, 0.25) is 0 Å². The highest BCUT2D eigenvalue weighted by Crippen LogP contribution is 1.90. The third kappa shape index (κ3) is 2.01. The summed E-state index contributed by atoms with van der Waals surface area (Å²) in [7, 11) is 0. The average Bonchev–Trinajstić information content (AvgIpc) is 2.34. The molecule has 3 N–H and O–H groups in total. The first-order valence-electron chi connectivity index (χ1n) is 3.00. The van der Waals surface area contributed by atoms with Gasteiger partial charge in [0.2, 0.25) is 5.91 Å². The molecule has 0 unspecified atom stereocenters. The standard InChI is InChI=1S/C5H8N4O2/c6-5(11)2-9-1-4(3-10)7-8-9/h1,10H,2-3H2,(H2,6,11). The Morgan fingerprint density at radius 3 is 3.00 bits per heavy atom. The van der Waals surface area contributed by atoms with Crippen LogP contribution in [0, 0.1) is 0 Å². The molecule has 0 saturated heterocycles. The fourth-order valence-electron chi connectivity index (χ4n) is 0.648. The maximum absolute atomic E-state index is 10.3. The van der Waals surface area contributed by atoms with Crippen LogP contribution < -0.4 is 5.73 Å². The van der Waals surface area contributed by atoms with Crippen molar-refractivity contribution in [1.82, 2.24) is 15.0 Å². The molecule has 0 aliphatic heterocycles. The van der Waals surface area contributed by atoms with E-state index in [4.69, 9.17) is 10.8 Å². The van der Waals surface area contributed by atoms with E-state index in [1.807, 2.05) is 0 Å². The van der Waals surface area contributed by atoms with Crippen LogP contribution in [-0.2, 0) is 17.9 Å². The van der Waals surface area contributed by atoms with Gasteiger partial charge >= 0.3 is 0 Å². The fraction of sp³-hybridized carbons (Fsp3) is 0.400. The van der Waals surface area contributed by atoms with Crippen LogP contribution in [-0.4, -0.2) is 26.0 Å². The van der Waals surface area contributed by atoms with Gasteiger partial charge in [0.1, 0.15) is 12.2 Å². The van der Waals surface area contributed by atoms with E-state index >= 15 is 0 Å². The summed E-state index contributed by atoms with van der Waals surface area (Å²) < 4.78 is 1.27. The summed E-state index contributed by atoms with van der Waals surface area (Å²) in [6.07, 6.45) is 1.46. The van der Waals surface area contributed by atoms with Crippen LogP contribution in [0.4, 0.5) is 0 Å². The highest BCUT2D eigenvalue weighted by atomic mass is 16.3. The Labute approximate surface area is 62.6 Å². The van der Waals surface area contributed by atoms with Crippen molar-refractivity contribution < 1.29 is 9.90 Å². The Kier molecular flexibility index (Phi) is 2.17. The topological polar surface area (TPSA) is 94.0 Å². The van der Waals surface area contributed by atoms with Crippen molar-refractivity contribution in [3.63, 3.8) is 0 Å². The average molecular weight is 156 g/mol. The van der Waals surface area contributed by atoms with Crippen molar-refractivity contribution in [3.8, 4) is 0 Å². The zero-order valence-corrected chi connectivity index (χ0v) is 5.77. The molecule has 0 saturated carbocycles. The van der Waals surface area contributed by atoms with Crippen LogP contribution in [0.25, 0.3) is 0 Å². The quantitative estimate of drug-likeness (QED) is 0.543. The Morgan fingerprint density at radius 2 is 2.55 bits per heavy atom. The highest BCUT2D eigenvalue weighted by molar-refractivity contribution is 5.73. The predicted molar refractivity (Wildman–Crippen MR) is 35.1 cm³/mol. The summed E-state index contributed by atoms with van der Waals surface area (Å²) in [5, 5.41) is 15.6. The van der Waals surface area contributed by atoms with Crippen molar-refractivity contribution >= 4 is 5.91 Å². The van der Waals surface area contributed by atoms with E-state index in [9.17, 15) is 4.79 Å². The molecule has 0 aliphatic rings. The molecule has 0 fully saturated rings. The number of amides is 1. The van der Waals surface area contributed by atoms with E-state index < -0.39 is 5.91 Å². The number of carbonyl (C=O) groups excluding carboxylic acids is 1. The third-order valence-electron chi connectivity index (χ3n) is 1.07. The minimum atomic E-state index is -0.487. The summed E-state index contributed by atoms with van der Waals surface area (Å²) in [4.78, 5) is 10.3. The molecule has 1 heterocycles. The number of hydrogen-bond acceptors (Lipinski definition) is 4. The maximum atomic E-state index is 10.3. The van der Waals surface area contributed by atoms with E-state index in [0.717, 1.165) is 0 Å². The maximum Gasteiger partial charge on any atom is 0.239 e. The van der Waals surface area contributed by atoms with E-state index in [2.05, 4.69) is 10.3 Å². The smallest absolute Gasteiger partial charge is 0.239 e. The summed E-state index contributed by atoms with van der Waals surface area (Å²) in [5.41, 5.74) is 5.31. The number of rotatable bonds is 3. The molecule has 0 aromatic carbocycles. The molecule has 0 radical (unpaired) electrons. The van der Waals surface area contributed by atoms with Crippen LogP contribution in [0.1, 0.15) is 5.69 Å². The zero-order chi connectivity index (χ0) is 8.27. The Morgan fingerprint density at radius 1 is 1.82 bits per heavy atom. The number of aromatic nitrogens is 3. The first kappa shape index (κ1) is 7.67. The summed E-state index contributed by atoms with van der Waals surface area (Å²) in [6.45, 7) is -0.189. The molecule has 6 heteroatoms. The number of primary amides is 1. The number of nitrogens with zero attached hydrogens (tertiary/aromatic N) is 3. The Hall–Kier alpha value is -1.43. The molecular weight excluding hydrogens is 148 g/mol. The molecule has 1 aromatic rings. The Balaban J connectivity index is 2.65. The lowest BCUT2D eigenvalue weighted by Crippen LogP contribution is -2.18. The van der Waals surface area contributed by atoms with Gasteiger partial charge in [-0.25, -0.2) is 4.68 Å². The predicted octanol–water partition coefficient (Wildman–Crippen LogP) is -1.74. The van der Waals surface area contributed by atoms with Gasteiger partial charge in [0, 0.05) is 0 Å². The highest BCUT2D eigenvalue weighted by Gasteiger charge is 2.00. The molecule has 0 bridgehead atoms. The van der Waals surface area contributed by atoms with Crippen LogP contribution in [0.5, 0.6) is 0 Å². The molecule has 6 nitrogen and oxygen atoms in total. The van der Waals surface area contributed by atoms with Gasteiger partial charge in [0.15, 0.2) is 0 Å². The Bertz CT molecular complexity index is 257. The van der Waals surface area contributed by atoms with Crippen molar-refractivity contribution in [2.24, 2.45) is 5.73 Å². The number of aliphatic hydroxyl groups is 1. The molecule has 1 amide bonds. The molecule has 0 spiro atoms. The first-order valence-corrected chi connectivity index (χ1v) is 3.00. The van der Waals surface area contributed by atoms with Gasteiger partial charge in [0.05, 0.1) is 12.8 Å². The molecule has 1 rings (SSSR count). The van der Waals surface area contributed by atoms with E-state index in [1.54, 1.807) is 0 Å². The summed E-state index contributed by atoms with van der Waals surface area (Å²) >= 11 is 0. The van der Waals surface area contributed by atoms with E-state index in [0.29, 0.717) is 5.69 Å². The van der Waals surface area contributed by atoms with Gasteiger partial charge in [-0.05, 0) is 0 Å². The molecule has 60 valence electrons. The molecule has 0 atom stereocenters. The normalized spacial score (nSPS) is 9.91. The second kappa shape index (κ2) is 3.11. The van der Waals surface area contributed by atoms with Crippen LogP contribution >= 0.6 is 0 Å². The SMILES string of the molecule is NC(=O)Cn1cc(CO)nn1. The van der Waals surface area contributed by atoms with Gasteiger partial charge in [-0.1, -0.05) is 5.21 Å². The van der Waals surface area contributed by atoms with Crippen molar-refractivity contribution in [3.05, 3.63) is 11.9 Å². The lowest BCUT2D eigenvalue weighted by atomic mass is 10.5. The summed E-state index contributed by atoms with van der Waals surface area (Å²) in [6, 6.07) is 0. The van der Waals surface area contributed by atoms with Gasteiger partial charge in [-0.15, -0.1) is 5.10 Å². The lowest BCUT2D eigenvalue weighted by molar-refractivity contribution is -0.118. The van der Waals surface area contributed by atoms with E-state index in [-0.39, 0.29) is 13.2 Å². The van der Waals surface area contributed by atoms with Crippen LogP contribution in [0.3, 0.4) is 0 Å². The fourth-order valence-corrected chi connectivity index (χ4v) is 0.648. The van der Waals surface area contributed by atoms with Crippen LogP contribution in [0.15, 0.2) is 6.20 Å². The number of carbonyl (C=O) groups is 1. The second-order valence-electron chi connectivity index (χ2n) is 2.03. The van der Waals surface area contributed by atoms with Gasteiger partial charge in [0.25, 0.3) is 0 Å². The largest absolute Gasteiger partial charge is 0.390 e. The van der Waals surface area contributed by atoms with Gasteiger partial charge in [-0.3, -0.25) is 4.79 Å². The molecule has 0 aliphatic carbocycles. The minimum absolute atomic E-state index is 0.00694. The minimum Gasteiger partial charge on any atom is -0.390 e. The lowest BCUT2D eigenvalue weighted by Gasteiger charge is -1.91. The van der Waals surface area contributed by atoms with Crippen molar-refractivity contribution in [2.75, 3.05) is 0 Å². The number of aliphatic hydroxyl groups excluding tert-OH is 1. The first-order chi connectivity index (χ1) is 5.22. The monoisotopic (exact) mass is 156 g/mol. The van der Waals surface area contributed by atoms with Crippen molar-refractivity contribution in [2.45, 2.75) is 13.2 Å². The number of nitrogens with two attached hydrogens (primary N) is 1. The van der Waals surface area contributed by atoms with Gasteiger partial charge in [-0.2, -0.15) is 0 Å². The second-order valence-corrected chi connectivity index (χ2v) is 2.03. The summed E-state index contributed by atoms with van der Waals surface area (Å²) in [5.74, 6) is -0.487. The molecule has 1 aromatic heterocycles. The third-order valence-corrected chi connectivity index (χ3v) is 1.07. The van der Waals surface area contributed by atoms with Crippen molar-refractivity contribution in [1.29, 1.82) is 0 Å². The van der Waals surface area contributed by atoms with Gasteiger partial charge < -0.3 is 10.8 Å². The van der Waals surface area contributed by atoms with E-state index in [1.165, 1.54) is 10.9 Å². The molecule has 11 heavy (non-hydrogen) atoms. The molecular formula is C5H8N4O2. The number of hydrogen-bond donors (Lipinski definition) is 2.